The summed E-state index contributed by atoms with van der Waals surface area (Å²) in [7, 11) is 3.22. The fourth-order valence-electron chi connectivity index (χ4n) is 2.91. The number of Topliss-reactive ketones (excluding diaryl/α,β-unsaturated/α-hetero) is 1. The number of carbonyl (C=O) groups excluding carboxylic acids is 1. The van der Waals surface area contributed by atoms with E-state index in [0.29, 0.717) is 23.1 Å². The smallest absolute Gasteiger partial charge is 0.191 e. The van der Waals surface area contributed by atoms with Crippen molar-refractivity contribution in [3.05, 3.63) is 59.9 Å². The molecule has 0 aliphatic rings. The molecule has 3 rings (SSSR count). The molecule has 7 nitrogen and oxygen atoms in total. The summed E-state index contributed by atoms with van der Waals surface area (Å²) in [6.07, 6.45) is -0.294. The SMILES string of the molecule is CCn1c(SCC(=O)c2ccc(OC)cc2)nnc1C(C)Oc1ccc(OC)cc1. The summed E-state index contributed by atoms with van der Waals surface area (Å²) in [4.78, 5) is 12.5. The van der Waals surface area contributed by atoms with Crippen LogP contribution in [0.2, 0.25) is 0 Å². The lowest BCUT2D eigenvalue weighted by Crippen LogP contribution is -2.12. The van der Waals surface area contributed by atoms with Crippen LogP contribution >= 0.6 is 11.8 Å². The van der Waals surface area contributed by atoms with Crippen molar-refractivity contribution in [3.8, 4) is 17.2 Å². The molecule has 8 heteroatoms. The van der Waals surface area contributed by atoms with Gasteiger partial charge in [0.05, 0.1) is 20.0 Å². The summed E-state index contributed by atoms with van der Waals surface area (Å²) in [6, 6.07) is 14.5. The highest BCUT2D eigenvalue weighted by Gasteiger charge is 2.19. The number of ether oxygens (including phenoxy) is 3. The second-order valence-corrected chi connectivity index (χ2v) is 7.40. The first-order valence-corrected chi connectivity index (χ1v) is 10.6. The van der Waals surface area contributed by atoms with Crippen molar-refractivity contribution in [1.82, 2.24) is 14.8 Å². The topological polar surface area (TPSA) is 75.5 Å². The fourth-order valence-corrected chi connectivity index (χ4v) is 3.81. The maximum atomic E-state index is 12.5. The van der Waals surface area contributed by atoms with Crippen LogP contribution in [-0.2, 0) is 6.54 Å². The molecule has 0 N–H and O–H groups in total. The second-order valence-electron chi connectivity index (χ2n) is 6.46. The molecule has 0 radical (unpaired) electrons. The molecule has 3 aromatic rings. The molecular formula is C22H25N3O4S. The maximum absolute atomic E-state index is 12.5. The number of aromatic nitrogens is 3. The molecule has 0 saturated heterocycles. The summed E-state index contributed by atoms with van der Waals surface area (Å²) < 4.78 is 18.3. The lowest BCUT2D eigenvalue weighted by Gasteiger charge is -2.15. The van der Waals surface area contributed by atoms with Gasteiger partial charge in [0.1, 0.15) is 17.2 Å². The number of hydrogen-bond acceptors (Lipinski definition) is 7. The molecule has 0 aliphatic carbocycles. The summed E-state index contributed by atoms with van der Waals surface area (Å²) >= 11 is 1.37. The Hall–Kier alpha value is -3.00. The van der Waals surface area contributed by atoms with E-state index in [1.54, 1.807) is 38.5 Å². The van der Waals surface area contributed by atoms with E-state index in [9.17, 15) is 4.79 Å². The van der Waals surface area contributed by atoms with Crippen LogP contribution < -0.4 is 14.2 Å². The Morgan fingerprint density at radius 1 is 0.967 bits per heavy atom. The zero-order valence-corrected chi connectivity index (χ0v) is 18.3. The quantitative estimate of drug-likeness (QED) is 0.350. The van der Waals surface area contributed by atoms with E-state index < -0.39 is 0 Å². The van der Waals surface area contributed by atoms with Gasteiger partial charge in [-0.3, -0.25) is 4.79 Å². The summed E-state index contributed by atoms with van der Waals surface area (Å²) in [5.74, 6) is 3.23. The molecule has 1 heterocycles. The first-order valence-electron chi connectivity index (χ1n) is 9.59. The average Bonchev–Trinajstić information content (AvgIpc) is 3.21. The van der Waals surface area contributed by atoms with Gasteiger partial charge in [0, 0.05) is 12.1 Å². The third kappa shape index (κ3) is 5.13. The Labute approximate surface area is 180 Å². The van der Waals surface area contributed by atoms with Crippen LogP contribution in [0.3, 0.4) is 0 Å². The van der Waals surface area contributed by atoms with E-state index in [4.69, 9.17) is 14.2 Å². The van der Waals surface area contributed by atoms with E-state index in [-0.39, 0.29) is 17.6 Å². The van der Waals surface area contributed by atoms with Gasteiger partial charge in [-0.25, -0.2) is 0 Å². The van der Waals surface area contributed by atoms with Crippen molar-refractivity contribution in [2.75, 3.05) is 20.0 Å². The minimum Gasteiger partial charge on any atom is -0.497 e. The monoisotopic (exact) mass is 427 g/mol. The zero-order valence-electron chi connectivity index (χ0n) is 17.5. The summed E-state index contributed by atoms with van der Waals surface area (Å²) in [5, 5.41) is 9.27. The Morgan fingerprint density at radius 2 is 1.53 bits per heavy atom. The minimum absolute atomic E-state index is 0.0254. The van der Waals surface area contributed by atoms with E-state index in [1.807, 2.05) is 42.7 Å². The summed E-state index contributed by atoms with van der Waals surface area (Å²) in [6.45, 7) is 4.62. The summed E-state index contributed by atoms with van der Waals surface area (Å²) in [5.41, 5.74) is 0.641. The number of ketones is 1. The molecule has 0 amide bonds. The van der Waals surface area contributed by atoms with Crippen LogP contribution in [0.15, 0.2) is 53.7 Å². The highest BCUT2D eigenvalue weighted by Crippen LogP contribution is 2.26. The lowest BCUT2D eigenvalue weighted by atomic mass is 10.1. The van der Waals surface area contributed by atoms with Crippen LogP contribution in [0, 0.1) is 0 Å². The molecule has 1 atom stereocenters. The van der Waals surface area contributed by atoms with E-state index in [0.717, 1.165) is 17.2 Å². The van der Waals surface area contributed by atoms with Crippen LogP contribution in [0.1, 0.15) is 36.1 Å². The fraction of sp³-hybridized carbons (Fsp3) is 0.318. The molecule has 2 aromatic carbocycles. The van der Waals surface area contributed by atoms with Gasteiger partial charge in [-0.2, -0.15) is 0 Å². The molecule has 1 aromatic heterocycles. The highest BCUT2D eigenvalue weighted by molar-refractivity contribution is 7.99. The molecular weight excluding hydrogens is 402 g/mol. The third-order valence-corrected chi connectivity index (χ3v) is 5.51. The van der Waals surface area contributed by atoms with Gasteiger partial charge in [0.2, 0.25) is 0 Å². The van der Waals surface area contributed by atoms with Gasteiger partial charge in [-0.1, -0.05) is 11.8 Å². The number of carbonyl (C=O) groups is 1. The van der Waals surface area contributed by atoms with Crippen molar-refractivity contribution in [2.45, 2.75) is 31.7 Å². The van der Waals surface area contributed by atoms with Crippen LogP contribution in [0.4, 0.5) is 0 Å². The molecule has 0 bridgehead atoms. The third-order valence-electron chi connectivity index (χ3n) is 4.54. The van der Waals surface area contributed by atoms with Gasteiger partial charge in [0.25, 0.3) is 0 Å². The first-order chi connectivity index (χ1) is 14.5. The maximum Gasteiger partial charge on any atom is 0.191 e. The van der Waals surface area contributed by atoms with Crippen LogP contribution in [0.25, 0.3) is 0 Å². The number of hydrogen-bond donors (Lipinski definition) is 0. The second kappa shape index (κ2) is 10.2. The van der Waals surface area contributed by atoms with Gasteiger partial charge in [-0.15, -0.1) is 10.2 Å². The Morgan fingerprint density at radius 3 is 2.10 bits per heavy atom. The molecule has 158 valence electrons. The molecule has 30 heavy (non-hydrogen) atoms. The van der Waals surface area contributed by atoms with Crippen molar-refractivity contribution >= 4 is 17.5 Å². The Kier molecular flexibility index (Phi) is 7.35. The number of methoxy groups -OCH3 is 2. The number of benzene rings is 2. The van der Waals surface area contributed by atoms with E-state index >= 15 is 0 Å². The largest absolute Gasteiger partial charge is 0.497 e. The zero-order chi connectivity index (χ0) is 21.5. The number of nitrogens with zero attached hydrogens (tertiary/aromatic N) is 3. The van der Waals surface area contributed by atoms with Crippen molar-refractivity contribution in [1.29, 1.82) is 0 Å². The molecule has 0 spiro atoms. The Bertz CT molecular complexity index is 971. The van der Waals surface area contributed by atoms with Crippen LogP contribution in [-0.4, -0.2) is 40.5 Å². The predicted octanol–water partition coefficient (Wildman–Crippen LogP) is 4.43. The van der Waals surface area contributed by atoms with Gasteiger partial charge >= 0.3 is 0 Å². The van der Waals surface area contributed by atoms with Crippen molar-refractivity contribution < 1.29 is 19.0 Å². The lowest BCUT2D eigenvalue weighted by molar-refractivity contribution is 0.102. The van der Waals surface area contributed by atoms with Crippen molar-refractivity contribution in [2.24, 2.45) is 0 Å². The van der Waals surface area contributed by atoms with Gasteiger partial charge in [-0.05, 0) is 62.4 Å². The Balaban J connectivity index is 1.65. The van der Waals surface area contributed by atoms with Crippen LogP contribution in [0.5, 0.6) is 17.2 Å². The standard InChI is InChI=1S/C22H25N3O4S/c1-5-25-21(15(2)29-19-12-10-18(28-4)11-13-19)23-24-22(25)30-14-20(26)16-6-8-17(27-3)9-7-16/h6-13,15H,5,14H2,1-4H3. The number of rotatable bonds is 10. The number of thioether (sulfide) groups is 1. The van der Waals surface area contributed by atoms with E-state index in [1.165, 1.54) is 11.8 Å². The van der Waals surface area contributed by atoms with Crippen molar-refractivity contribution in [3.63, 3.8) is 0 Å². The first kappa shape index (κ1) is 21.7. The normalized spacial score (nSPS) is 11.7. The van der Waals surface area contributed by atoms with Gasteiger partial charge < -0.3 is 18.8 Å². The molecule has 0 saturated carbocycles. The van der Waals surface area contributed by atoms with E-state index in [2.05, 4.69) is 10.2 Å². The molecule has 0 fully saturated rings. The predicted molar refractivity (Wildman–Crippen MR) is 116 cm³/mol. The molecule has 1 unspecified atom stereocenters. The molecule has 0 aliphatic heterocycles. The van der Waals surface area contributed by atoms with Gasteiger partial charge in [0.15, 0.2) is 22.9 Å². The minimum atomic E-state index is -0.294. The highest BCUT2D eigenvalue weighted by atomic mass is 32.2. The average molecular weight is 428 g/mol.